The molecule has 12 heavy (non-hydrogen) atoms. The normalized spacial score (nSPS) is 38.5. The molecule has 0 amide bonds. The maximum atomic E-state index is 3.58. The summed E-state index contributed by atoms with van der Waals surface area (Å²) < 4.78 is 0. The molecule has 3 atom stereocenters. The van der Waals surface area contributed by atoms with Crippen molar-refractivity contribution in [3.05, 3.63) is 0 Å². The van der Waals surface area contributed by atoms with Crippen molar-refractivity contribution in [1.82, 2.24) is 5.32 Å². The van der Waals surface area contributed by atoms with Crippen molar-refractivity contribution < 1.29 is 0 Å². The van der Waals surface area contributed by atoms with E-state index >= 15 is 0 Å². The molecule has 0 bridgehead atoms. The predicted molar refractivity (Wildman–Crippen MR) is 54.3 cm³/mol. The van der Waals surface area contributed by atoms with Crippen LogP contribution in [-0.4, -0.2) is 12.6 Å². The van der Waals surface area contributed by atoms with Crippen molar-refractivity contribution in [2.24, 2.45) is 11.3 Å². The molecule has 1 heterocycles. The molecule has 0 aliphatic carbocycles. The molecule has 3 unspecified atom stereocenters. The van der Waals surface area contributed by atoms with E-state index in [-0.39, 0.29) is 0 Å². The number of rotatable bonds is 3. The average molecular weight is 169 g/mol. The molecule has 0 aromatic carbocycles. The lowest BCUT2D eigenvalue weighted by Gasteiger charge is -2.38. The van der Waals surface area contributed by atoms with Gasteiger partial charge in [-0.15, -0.1) is 0 Å². The van der Waals surface area contributed by atoms with Crippen LogP contribution in [0.2, 0.25) is 0 Å². The molecular formula is C11H23N. The van der Waals surface area contributed by atoms with Crippen molar-refractivity contribution in [3.8, 4) is 0 Å². The van der Waals surface area contributed by atoms with Crippen LogP contribution in [-0.2, 0) is 0 Å². The van der Waals surface area contributed by atoms with Gasteiger partial charge in [-0.2, -0.15) is 0 Å². The molecule has 0 radical (unpaired) electrons. The Hall–Kier alpha value is -0.0400. The second kappa shape index (κ2) is 3.78. The summed E-state index contributed by atoms with van der Waals surface area (Å²) in [6.07, 6.45) is 4.02. The summed E-state index contributed by atoms with van der Waals surface area (Å²) in [5.74, 6) is 0.868. The third-order valence-electron chi connectivity index (χ3n) is 4.16. The van der Waals surface area contributed by atoms with Gasteiger partial charge in [0.25, 0.3) is 0 Å². The Balaban J connectivity index is 2.73. The molecule has 1 aliphatic rings. The van der Waals surface area contributed by atoms with E-state index < -0.39 is 0 Å². The van der Waals surface area contributed by atoms with E-state index in [9.17, 15) is 0 Å². The molecule has 1 aliphatic heterocycles. The van der Waals surface area contributed by atoms with Gasteiger partial charge in [0, 0.05) is 6.04 Å². The van der Waals surface area contributed by atoms with Gasteiger partial charge in [0.1, 0.15) is 0 Å². The molecule has 1 heteroatoms. The van der Waals surface area contributed by atoms with Gasteiger partial charge in [-0.25, -0.2) is 0 Å². The van der Waals surface area contributed by atoms with Crippen LogP contribution in [0, 0.1) is 11.3 Å². The summed E-state index contributed by atoms with van der Waals surface area (Å²) in [5, 5.41) is 3.58. The van der Waals surface area contributed by atoms with Crippen molar-refractivity contribution in [3.63, 3.8) is 0 Å². The van der Waals surface area contributed by atoms with Crippen LogP contribution in [0.3, 0.4) is 0 Å². The Kier molecular flexibility index (Phi) is 3.16. The lowest BCUT2D eigenvalue weighted by atomic mass is 9.68. The van der Waals surface area contributed by atoms with E-state index in [4.69, 9.17) is 0 Å². The summed E-state index contributed by atoms with van der Waals surface area (Å²) >= 11 is 0. The smallest absolute Gasteiger partial charge is 0.00981 e. The molecule has 72 valence electrons. The molecule has 0 saturated carbocycles. The Morgan fingerprint density at radius 2 is 2.17 bits per heavy atom. The summed E-state index contributed by atoms with van der Waals surface area (Å²) in [4.78, 5) is 0. The molecule has 0 aromatic heterocycles. The molecule has 1 nitrogen and oxygen atoms in total. The Labute approximate surface area is 76.9 Å². The minimum Gasteiger partial charge on any atom is -0.314 e. The monoisotopic (exact) mass is 169 g/mol. The van der Waals surface area contributed by atoms with Gasteiger partial charge < -0.3 is 5.32 Å². The topological polar surface area (TPSA) is 12.0 Å². The summed E-state index contributed by atoms with van der Waals surface area (Å²) in [6.45, 7) is 10.6. The maximum Gasteiger partial charge on any atom is 0.00981 e. The highest BCUT2D eigenvalue weighted by molar-refractivity contribution is 4.96. The summed E-state index contributed by atoms with van der Waals surface area (Å²) in [5.41, 5.74) is 0.592. The largest absolute Gasteiger partial charge is 0.314 e. The zero-order valence-electron chi connectivity index (χ0n) is 8.98. The quantitative estimate of drug-likeness (QED) is 0.685. The number of hydrogen-bond acceptors (Lipinski definition) is 1. The van der Waals surface area contributed by atoms with E-state index in [1.54, 1.807) is 0 Å². The van der Waals surface area contributed by atoms with Crippen LogP contribution in [0.1, 0.15) is 47.0 Å². The fraction of sp³-hybridized carbons (Fsp3) is 1.00. The van der Waals surface area contributed by atoms with Crippen molar-refractivity contribution in [2.45, 2.75) is 53.0 Å². The molecule has 1 N–H and O–H groups in total. The van der Waals surface area contributed by atoms with Gasteiger partial charge in [0.05, 0.1) is 0 Å². The van der Waals surface area contributed by atoms with Crippen molar-refractivity contribution >= 4 is 0 Å². The minimum atomic E-state index is 0.592. The highest BCUT2D eigenvalue weighted by Crippen LogP contribution is 2.43. The van der Waals surface area contributed by atoms with Crippen LogP contribution in [0.25, 0.3) is 0 Å². The van der Waals surface area contributed by atoms with Crippen LogP contribution >= 0.6 is 0 Å². The van der Waals surface area contributed by atoms with E-state index in [0.717, 1.165) is 12.0 Å². The maximum absolute atomic E-state index is 3.58. The highest BCUT2D eigenvalue weighted by atomic mass is 15.0. The Morgan fingerprint density at radius 1 is 1.50 bits per heavy atom. The molecule has 1 fully saturated rings. The lowest BCUT2D eigenvalue weighted by molar-refractivity contribution is 0.144. The van der Waals surface area contributed by atoms with Gasteiger partial charge in [0.2, 0.25) is 0 Å². The fourth-order valence-electron chi connectivity index (χ4n) is 2.85. The second-order valence-corrected chi connectivity index (χ2v) is 4.32. The van der Waals surface area contributed by atoms with Gasteiger partial charge in [-0.1, -0.05) is 27.2 Å². The van der Waals surface area contributed by atoms with Gasteiger partial charge >= 0.3 is 0 Å². The molecule has 1 rings (SSSR count). The lowest BCUT2D eigenvalue weighted by Crippen LogP contribution is -2.38. The van der Waals surface area contributed by atoms with Crippen LogP contribution in [0.5, 0.6) is 0 Å². The second-order valence-electron chi connectivity index (χ2n) is 4.32. The van der Waals surface area contributed by atoms with Crippen LogP contribution in [0.15, 0.2) is 0 Å². The fourth-order valence-corrected chi connectivity index (χ4v) is 2.85. The van der Waals surface area contributed by atoms with E-state index in [1.807, 2.05) is 0 Å². The Bertz CT molecular complexity index is 144. The predicted octanol–water partition coefficient (Wildman–Crippen LogP) is 2.81. The third kappa shape index (κ3) is 1.39. The van der Waals surface area contributed by atoms with Gasteiger partial charge in [-0.3, -0.25) is 0 Å². The molecule has 0 spiro atoms. The molecule has 0 aromatic rings. The summed E-state index contributed by atoms with van der Waals surface area (Å²) in [6, 6.07) is 0.720. The van der Waals surface area contributed by atoms with Crippen molar-refractivity contribution in [2.75, 3.05) is 6.54 Å². The minimum absolute atomic E-state index is 0.592. The molecule has 1 saturated heterocycles. The third-order valence-corrected chi connectivity index (χ3v) is 4.16. The summed E-state index contributed by atoms with van der Waals surface area (Å²) in [7, 11) is 0. The first kappa shape index (κ1) is 10.0. The highest BCUT2D eigenvalue weighted by Gasteiger charge is 2.41. The average Bonchev–Trinajstić information content (AvgIpc) is 2.46. The van der Waals surface area contributed by atoms with Crippen LogP contribution in [0.4, 0.5) is 0 Å². The first-order chi connectivity index (χ1) is 5.67. The molecular weight excluding hydrogens is 146 g/mol. The zero-order chi connectivity index (χ0) is 9.19. The standard InChI is InChI=1S/C11H23N/c1-5-9(3)11(6-2)7-8-12-10(11)4/h9-10,12H,5-8H2,1-4H3. The van der Waals surface area contributed by atoms with Crippen molar-refractivity contribution in [1.29, 1.82) is 0 Å². The number of hydrogen-bond donors (Lipinski definition) is 1. The zero-order valence-corrected chi connectivity index (χ0v) is 8.98. The Morgan fingerprint density at radius 3 is 2.50 bits per heavy atom. The SMILES string of the molecule is CCC(C)C1(CC)CCNC1C. The van der Waals surface area contributed by atoms with E-state index in [2.05, 4.69) is 33.0 Å². The van der Waals surface area contributed by atoms with E-state index in [0.29, 0.717) is 5.41 Å². The first-order valence-corrected chi connectivity index (χ1v) is 5.40. The first-order valence-electron chi connectivity index (χ1n) is 5.40. The van der Waals surface area contributed by atoms with E-state index in [1.165, 1.54) is 25.8 Å². The number of nitrogens with one attached hydrogen (secondary N) is 1. The van der Waals surface area contributed by atoms with Gasteiger partial charge in [-0.05, 0) is 37.6 Å². The van der Waals surface area contributed by atoms with Gasteiger partial charge in [0.15, 0.2) is 0 Å². The van der Waals surface area contributed by atoms with Crippen LogP contribution < -0.4 is 5.32 Å².